The van der Waals surface area contributed by atoms with Gasteiger partial charge in [0.05, 0.1) is 0 Å². The molecule has 106 valence electrons. The van der Waals surface area contributed by atoms with Gasteiger partial charge in [0.2, 0.25) is 0 Å². The molecule has 0 aromatic heterocycles. The monoisotopic (exact) mass is 280 g/mol. The summed E-state index contributed by atoms with van der Waals surface area (Å²) in [7, 11) is 0. The fourth-order valence-electron chi connectivity index (χ4n) is 3.61. The number of carboxylic acid groups (broad SMARTS) is 2. The van der Waals surface area contributed by atoms with Crippen LogP contribution in [0.2, 0.25) is 0 Å². The summed E-state index contributed by atoms with van der Waals surface area (Å²) in [5.41, 5.74) is -1.58. The second kappa shape index (κ2) is 8.28. The van der Waals surface area contributed by atoms with Crippen LogP contribution in [0.15, 0.2) is 0 Å². The molecule has 1 aliphatic carbocycles. The first kappa shape index (κ1) is 18.9. The van der Waals surface area contributed by atoms with E-state index in [9.17, 15) is 19.8 Å². The van der Waals surface area contributed by atoms with E-state index in [2.05, 4.69) is 0 Å². The van der Waals surface area contributed by atoms with Crippen molar-refractivity contribution in [3.8, 4) is 0 Å². The van der Waals surface area contributed by atoms with Gasteiger partial charge in [0.1, 0.15) is 0 Å². The molecular weight excluding hydrogens is 255 g/mol. The predicted octanol–water partition coefficient (Wildman–Crippen LogP) is 2.51. The maximum absolute atomic E-state index is 11.7. The van der Waals surface area contributed by atoms with Crippen molar-refractivity contribution < 1.29 is 19.8 Å². The Hall–Kier alpha value is -0.0600. The third-order valence-corrected chi connectivity index (χ3v) is 4.59. The van der Waals surface area contributed by atoms with Crippen LogP contribution in [0, 0.1) is 17.3 Å². The van der Waals surface area contributed by atoms with Gasteiger partial charge in [0.15, 0.2) is 5.41 Å². The van der Waals surface area contributed by atoms with Crippen LogP contribution in [-0.4, -0.2) is 51.7 Å². The fourth-order valence-corrected chi connectivity index (χ4v) is 3.61. The molecule has 0 bridgehead atoms. The van der Waals surface area contributed by atoms with Gasteiger partial charge in [0, 0.05) is 0 Å². The second-order valence-electron chi connectivity index (χ2n) is 5.33. The molecule has 2 N–H and O–H groups in total. The minimum atomic E-state index is -1.58. The molecule has 1 rings (SSSR count). The van der Waals surface area contributed by atoms with Gasteiger partial charge in [-0.05, 0) is 24.7 Å². The zero-order valence-electron chi connectivity index (χ0n) is 11.3. The molecular formula is C14H25NaO4. The van der Waals surface area contributed by atoms with Gasteiger partial charge in [-0.2, -0.15) is 0 Å². The van der Waals surface area contributed by atoms with E-state index in [1.165, 1.54) is 0 Å². The Morgan fingerprint density at radius 3 is 1.79 bits per heavy atom. The van der Waals surface area contributed by atoms with Crippen molar-refractivity contribution in [2.24, 2.45) is 17.3 Å². The first-order valence-electron chi connectivity index (χ1n) is 6.98. The first-order chi connectivity index (χ1) is 8.51. The predicted molar refractivity (Wildman–Crippen MR) is 75.5 cm³/mol. The van der Waals surface area contributed by atoms with Crippen LogP contribution in [0.1, 0.15) is 58.8 Å². The van der Waals surface area contributed by atoms with Crippen LogP contribution >= 0.6 is 0 Å². The summed E-state index contributed by atoms with van der Waals surface area (Å²) < 4.78 is 0. The summed E-state index contributed by atoms with van der Waals surface area (Å²) in [5.74, 6) is -2.78. The molecule has 4 nitrogen and oxygen atoms in total. The van der Waals surface area contributed by atoms with Crippen molar-refractivity contribution in [2.45, 2.75) is 58.8 Å². The second-order valence-corrected chi connectivity index (χ2v) is 5.33. The number of rotatable bonds is 6. The summed E-state index contributed by atoms with van der Waals surface area (Å²) in [6, 6.07) is 0. The van der Waals surface area contributed by atoms with E-state index in [-0.39, 0.29) is 41.4 Å². The Balaban J connectivity index is 0.00000324. The fraction of sp³-hybridized carbons (Fsp3) is 0.857. The SMILES string of the molecule is CCC(CC)C(C(=O)O)(C(=O)O)C1CCCCC1.[NaH]. The Bertz CT molecular complexity index is 293. The quantitative estimate of drug-likeness (QED) is 0.579. The molecule has 0 saturated heterocycles. The third-order valence-electron chi connectivity index (χ3n) is 4.59. The molecule has 0 aliphatic heterocycles. The van der Waals surface area contributed by atoms with E-state index in [1.54, 1.807) is 0 Å². The molecule has 0 spiro atoms. The molecule has 0 aromatic carbocycles. The molecule has 1 aliphatic rings. The number of aliphatic carboxylic acids is 2. The van der Waals surface area contributed by atoms with Gasteiger partial charge in [-0.15, -0.1) is 0 Å². The normalized spacial score (nSPS) is 17.0. The number of hydrogen-bond donors (Lipinski definition) is 2. The molecule has 0 aromatic rings. The van der Waals surface area contributed by atoms with E-state index in [0.717, 1.165) is 32.1 Å². The number of carbonyl (C=O) groups is 2. The molecule has 0 amide bonds. The van der Waals surface area contributed by atoms with Crippen LogP contribution in [0.4, 0.5) is 0 Å². The number of carboxylic acids is 2. The molecule has 19 heavy (non-hydrogen) atoms. The molecule has 1 saturated carbocycles. The zero-order valence-corrected chi connectivity index (χ0v) is 11.3. The van der Waals surface area contributed by atoms with Gasteiger partial charge in [-0.3, -0.25) is 9.59 Å². The van der Waals surface area contributed by atoms with Crippen molar-refractivity contribution in [1.82, 2.24) is 0 Å². The van der Waals surface area contributed by atoms with Crippen LogP contribution in [-0.2, 0) is 9.59 Å². The van der Waals surface area contributed by atoms with E-state index in [1.807, 2.05) is 13.8 Å². The van der Waals surface area contributed by atoms with Crippen molar-refractivity contribution in [3.63, 3.8) is 0 Å². The Morgan fingerprint density at radius 1 is 1.05 bits per heavy atom. The summed E-state index contributed by atoms with van der Waals surface area (Å²) >= 11 is 0. The molecule has 0 radical (unpaired) electrons. The summed E-state index contributed by atoms with van der Waals surface area (Å²) in [5, 5.41) is 19.2. The molecule has 0 atom stereocenters. The van der Waals surface area contributed by atoms with Gasteiger partial charge in [-0.1, -0.05) is 46.0 Å². The van der Waals surface area contributed by atoms with Gasteiger partial charge < -0.3 is 10.2 Å². The van der Waals surface area contributed by atoms with Crippen LogP contribution in [0.3, 0.4) is 0 Å². The van der Waals surface area contributed by atoms with E-state index < -0.39 is 17.4 Å². The van der Waals surface area contributed by atoms with Crippen molar-refractivity contribution >= 4 is 41.5 Å². The van der Waals surface area contributed by atoms with E-state index in [0.29, 0.717) is 12.8 Å². The van der Waals surface area contributed by atoms with Gasteiger partial charge >= 0.3 is 41.5 Å². The van der Waals surface area contributed by atoms with Crippen LogP contribution in [0.5, 0.6) is 0 Å². The van der Waals surface area contributed by atoms with Gasteiger partial charge in [-0.25, -0.2) is 0 Å². The molecule has 1 fully saturated rings. The first-order valence-corrected chi connectivity index (χ1v) is 6.98. The van der Waals surface area contributed by atoms with Crippen LogP contribution < -0.4 is 0 Å². The minimum absolute atomic E-state index is 0. The number of hydrogen-bond acceptors (Lipinski definition) is 2. The van der Waals surface area contributed by atoms with Crippen LogP contribution in [0.25, 0.3) is 0 Å². The topological polar surface area (TPSA) is 74.6 Å². The Labute approximate surface area is 137 Å². The Kier molecular flexibility index (Phi) is 8.25. The summed E-state index contributed by atoms with van der Waals surface area (Å²) in [6.07, 6.45) is 5.66. The van der Waals surface area contributed by atoms with Crippen molar-refractivity contribution in [3.05, 3.63) is 0 Å². The third kappa shape index (κ3) is 3.53. The average Bonchev–Trinajstić information content (AvgIpc) is 2.35. The average molecular weight is 280 g/mol. The van der Waals surface area contributed by atoms with E-state index in [4.69, 9.17) is 0 Å². The molecule has 5 heteroatoms. The molecule has 0 unspecified atom stereocenters. The summed E-state index contributed by atoms with van der Waals surface area (Å²) in [4.78, 5) is 23.5. The van der Waals surface area contributed by atoms with Gasteiger partial charge in [0.25, 0.3) is 0 Å². The zero-order chi connectivity index (χ0) is 13.8. The molecule has 0 heterocycles. The van der Waals surface area contributed by atoms with E-state index >= 15 is 0 Å². The Morgan fingerprint density at radius 2 is 1.47 bits per heavy atom. The summed E-state index contributed by atoms with van der Waals surface area (Å²) in [6.45, 7) is 3.77. The standard InChI is InChI=1S/C14H24O4.Na.H/c1-3-10(4-2)14(12(15)16,13(17)18)11-8-6-5-7-9-11;;/h10-11H,3-9H2,1-2H3,(H,15,16)(H,17,18);;. The van der Waals surface area contributed by atoms with Crippen molar-refractivity contribution in [1.29, 1.82) is 0 Å². The van der Waals surface area contributed by atoms with Crippen molar-refractivity contribution in [2.75, 3.05) is 0 Å². The maximum atomic E-state index is 11.7.